The molecule has 92 valence electrons. The van der Waals surface area contributed by atoms with Crippen molar-refractivity contribution in [1.29, 1.82) is 0 Å². The van der Waals surface area contributed by atoms with Crippen LogP contribution in [0.25, 0.3) is 11.5 Å². The molecule has 0 radical (unpaired) electrons. The number of benzene rings is 1. The Bertz CT molecular complexity index is 617. The number of hydrogen-bond acceptors (Lipinski definition) is 3. The minimum atomic E-state index is 0.342. The van der Waals surface area contributed by atoms with Crippen LogP contribution in [-0.2, 0) is 0 Å². The molecule has 1 aliphatic carbocycles. The topological polar surface area (TPSA) is 43.1 Å². The molecule has 0 saturated heterocycles. The van der Waals surface area contributed by atoms with Crippen LogP contribution < -0.4 is 0 Å². The first-order valence-corrected chi connectivity index (χ1v) is 6.36. The Morgan fingerprint density at radius 3 is 2.67 bits per heavy atom. The summed E-state index contributed by atoms with van der Waals surface area (Å²) in [5.74, 6) is 1.44. The first-order valence-electron chi connectivity index (χ1n) is 5.60. The second-order valence-electron chi connectivity index (χ2n) is 4.29. The minimum Gasteiger partial charge on any atom is -0.440 e. The molecule has 2 aromatic rings. The van der Waals surface area contributed by atoms with E-state index in [1.165, 1.54) is 0 Å². The van der Waals surface area contributed by atoms with Crippen LogP contribution in [0.4, 0.5) is 0 Å². The van der Waals surface area contributed by atoms with Gasteiger partial charge in [0.15, 0.2) is 6.29 Å². The molecule has 0 unspecified atom stereocenters. The Balaban J connectivity index is 2.05. The van der Waals surface area contributed by atoms with E-state index in [0.29, 0.717) is 33.3 Å². The lowest BCUT2D eigenvalue weighted by atomic mass is 10.2. The highest BCUT2D eigenvalue weighted by Crippen LogP contribution is 2.43. The maximum atomic E-state index is 11.0. The highest BCUT2D eigenvalue weighted by Gasteiger charge is 2.31. The molecule has 1 aliphatic rings. The molecule has 0 atom stereocenters. The van der Waals surface area contributed by atoms with E-state index in [1.54, 1.807) is 18.2 Å². The maximum Gasteiger partial charge on any atom is 0.227 e. The molecule has 3 rings (SSSR count). The van der Waals surface area contributed by atoms with Crippen LogP contribution in [0.15, 0.2) is 22.6 Å². The number of aldehydes is 1. The van der Waals surface area contributed by atoms with E-state index in [1.807, 2.05) is 0 Å². The van der Waals surface area contributed by atoms with E-state index < -0.39 is 0 Å². The molecule has 5 heteroatoms. The van der Waals surface area contributed by atoms with Crippen molar-refractivity contribution in [3.05, 3.63) is 39.7 Å². The van der Waals surface area contributed by atoms with Crippen molar-refractivity contribution in [3.63, 3.8) is 0 Å². The number of aromatic nitrogens is 1. The predicted molar refractivity (Wildman–Crippen MR) is 69.3 cm³/mol. The number of nitrogens with zero attached hydrogens (tertiary/aromatic N) is 1. The van der Waals surface area contributed by atoms with Crippen LogP contribution >= 0.6 is 23.2 Å². The third-order valence-electron chi connectivity index (χ3n) is 2.91. The van der Waals surface area contributed by atoms with Gasteiger partial charge in [-0.1, -0.05) is 23.2 Å². The van der Waals surface area contributed by atoms with Gasteiger partial charge in [-0.05, 0) is 31.0 Å². The zero-order chi connectivity index (χ0) is 12.7. The molecule has 0 bridgehead atoms. The molecular weight excluding hydrogens is 273 g/mol. The lowest BCUT2D eigenvalue weighted by Gasteiger charge is -1.98. The SMILES string of the molecule is O=Cc1nc(-c2ccc(Cl)c(Cl)c2)oc1C1CC1. The van der Waals surface area contributed by atoms with Crippen LogP contribution in [0.1, 0.15) is 35.0 Å². The largest absolute Gasteiger partial charge is 0.440 e. The first kappa shape index (κ1) is 11.8. The molecule has 0 amide bonds. The fraction of sp³-hybridized carbons (Fsp3) is 0.231. The average Bonchev–Trinajstić information content (AvgIpc) is 3.12. The van der Waals surface area contributed by atoms with E-state index in [2.05, 4.69) is 4.98 Å². The third-order valence-corrected chi connectivity index (χ3v) is 3.65. The molecule has 3 nitrogen and oxygen atoms in total. The molecule has 1 saturated carbocycles. The second-order valence-corrected chi connectivity index (χ2v) is 5.10. The molecule has 1 heterocycles. The summed E-state index contributed by atoms with van der Waals surface area (Å²) in [5.41, 5.74) is 1.11. The van der Waals surface area contributed by atoms with Gasteiger partial charge in [0.25, 0.3) is 0 Å². The van der Waals surface area contributed by atoms with Crippen LogP contribution in [-0.4, -0.2) is 11.3 Å². The quantitative estimate of drug-likeness (QED) is 0.786. The molecule has 0 spiro atoms. The lowest BCUT2D eigenvalue weighted by molar-refractivity contribution is 0.111. The molecule has 0 aliphatic heterocycles. The number of carbonyl (C=O) groups is 1. The molecule has 0 N–H and O–H groups in total. The van der Waals surface area contributed by atoms with Crippen molar-refractivity contribution in [3.8, 4) is 11.5 Å². The Hall–Kier alpha value is -1.32. The van der Waals surface area contributed by atoms with Gasteiger partial charge in [-0.3, -0.25) is 4.79 Å². The summed E-state index contributed by atoms with van der Waals surface area (Å²) in [6.45, 7) is 0. The molecule has 1 aromatic carbocycles. The van der Waals surface area contributed by atoms with Crippen molar-refractivity contribution < 1.29 is 9.21 Å². The van der Waals surface area contributed by atoms with Gasteiger partial charge >= 0.3 is 0 Å². The fourth-order valence-electron chi connectivity index (χ4n) is 1.82. The standard InChI is InChI=1S/C13H9Cl2NO2/c14-9-4-3-8(5-10(9)15)13-16-11(6-17)12(18-13)7-1-2-7/h3-7H,1-2H2. The van der Waals surface area contributed by atoms with Gasteiger partial charge in [0.2, 0.25) is 5.89 Å². The monoisotopic (exact) mass is 281 g/mol. The highest BCUT2D eigenvalue weighted by molar-refractivity contribution is 6.42. The number of hydrogen-bond donors (Lipinski definition) is 0. The van der Waals surface area contributed by atoms with E-state index in [-0.39, 0.29) is 0 Å². The van der Waals surface area contributed by atoms with Crippen molar-refractivity contribution in [2.75, 3.05) is 0 Å². The zero-order valence-corrected chi connectivity index (χ0v) is 10.8. The fourth-order valence-corrected chi connectivity index (χ4v) is 2.12. The smallest absolute Gasteiger partial charge is 0.227 e. The molecule has 1 fully saturated rings. The third kappa shape index (κ3) is 2.04. The molecular formula is C13H9Cl2NO2. The van der Waals surface area contributed by atoms with Gasteiger partial charge in [0.1, 0.15) is 11.5 Å². The molecule has 18 heavy (non-hydrogen) atoms. The van der Waals surface area contributed by atoms with Crippen molar-refractivity contribution in [2.24, 2.45) is 0 Å². The zero-order valence-electron chi connectivity index (χ0n) is 9.32. The van der Waals surface area contributed by atoms with Gasteiger partial charge in [-0.15, -0.1) is 0 Å². The van der Waals surface area contributed by atoms with Crippen LogP contribution in [0.3, 0.4) is 0 Å². The summed E-state index contributed by atoms with van der Waals surface area (Å²) < 4.78 is 5.67. The number of oxazole rings is 1. The minimum absolute atomic E-state index is 0.342. The van der Waals surface area contributed by atoms with Gasteiger partial charge in [0, 0.05) is 11.5 Å². The van der Waals surface area contributed by atoms with E-state index in [0.717, 1.165) is 24.7 Å². The highest BCUT2D eigenvalue weighted by atomic mass is 35.5. The van der Waals surface area contributed by atoms with Crippen LogP contribution in [0.2, 0.25) is 10.0 Å². The van der Waals surface area contributed by atoms with E-state index in [9.17, 15) is 4.79 Å². The van der Waals surface area contributed by atoms with Crippen LogP contribution in [0.5, 0.6) is 0 Å². The van der Waals surface area contributed by atoms with E-state index >= 15 is 0 Å². The normalized spacial score (nSPS) is 14.8. The first-order chi connectivity index (χ1) is 8.69. The van der Waals surface area contributed by atoms with Gasteiger partial charge in [-0.2, -0.15) is 0 Å². The predicted octanol–water partition coefficient (Wildman–Crippen LogP) is 4.34. The lowest BCUT2D eigenvalue weighted by Crippen LogP contribution is -1.85. The van der Waals surface area contributed by atoms with Crippen molar-refractivity contribution in [2.45, 2.75) is 18.8 Å². The Labute approximate surface area is 114 Å². The van der Waals surface area contributed by atoms with Crippen LogP contribution in [0, 0.1) is 0 Å². The number of carbonyl (C=O) groups excluding carboxylic acids is 1. The Kier molecular flexibility index (Phi) is 2.88. The summed E-state index contributed by atoms with van der Waals surface area (Å²) in [7, 11) is 0. The summed E-state index contributed by atoms with van der Waals surface area (Å²) in [6, 6.07) is 5.13. The Morgan fingerprint density at radius 1 is 1.28 bits per heavy atom. The van der Waals surface area contributed by atoms with Crippen molar-refractivity contribution in [1.82, 2.24) is 4.98 Å². The van der Waals surface area contributed by atoms with Gasteiger partial charge in [0.05, 0.1) is 10.0 Å². The maximum absolute atomic E-state index is 11.0. The molecule has 1 aromatic heterocycles. The van der Waals surface area contributed by atoms with Gasteiger partial charge < -0.3 is 4.42 Å². The number of rotatable bonds is 3. The summed E-state index contributed by atoms with van der Waals surface area (Å²) in [6.07, 6.45) is 2.84. The van der Waals surface area contributed by atoms with E-state index in [4.69, 9.17) is 27.6 Å². The summed E-state index contributed by atoms with van der Waals surface area (Å²) in [4.78, 5) is 15.2. The Morgan fingerprint density at radius 2 is 2.06 bits per heavy atom. The average molecular weight is 282 g/mol. The number of halogens is 2. The van der Waals surface area contributed by atoms with Crippen molar-refractivity contribution >= 4 is 29.5 Å². The van der Waals surface area contributed by atoms with Gasteiger partial charge in [-0.25, -0.2) is 4.98 Å². The summed E-state index contributed by atoms with van der Waals surface area (Å²) in [5, 5.41) is 0.915. The second kappa shape index (κ2) is 4.41. The summed E-state index contributed by atoms with van der Waals surface area (Å²) >= 11 is 11.8.